The van der Waals surface area contributed by atoms with Gasteiger partial charge in [0.2, 0.25) is 0 Å². The summed E-state index contributed by atoms with van der Waals surface area (Å²) < 4.78 is 18.9. The van der Waals surface area contributed by atoms with Gasteiger partial charge >= 0.3 is 0 Å². The minimum Gasteiger partial charge on any atom is -0.380 e. The van der Waals surface area contributed by atoms with Crippen LogP contribution >= 0.6 is 0 Å². The van der Waals surface area contributed by atoms with Crippen LogP contribution in [0.25, 0.3) is 0 Å². The molecule has 1 aliphatic rings. The maximum absolute atomic E-state index is 13.5. The molecule has 2 rings (SSSR count). The molecule has 4 heteroatoms. The van der Waals surface area contributed by atoms with E-state index in [-0.39, 0.29) is 17.9 Å². The molecule has 1 fully saturated rings. The lowest BCUT2D eigenvalue weighted by atomic mass is 9.95. The van der Waals surface area contributed by atoms with Crippen molar-refractivity contribution in [2.24, 2.45) is 5.73 Å². The van der Waals surface area contributed by atoms with Crippen molar-refractivity contribution in [3.63, 3.8) is 0 Å². The Labute approximate surface area is 114 Å². The van der Waals surface area contributed by atoms with Gasteiger partial charge in [-0.1, -0.05) is 19.1 Å². The molecule has 2 N–H and O–H groups in total. The van der Waals surface area contributed by atoms with Crippen molar-refractivity contribution in [3.05, 3.63) is 35.6 Å². The van der Waals surface area contributed by atoms with Crippen molar-refractivity contribution in [2.45, 2.75) is 37.9 Å². The topological polar surface area (TPSA) is 38.5 Å². The highest BCUT2D eigenvalue weighted by Crippen LogP contribution is 2.28. The number of likely N-dealkylation sites (N-methyl/N-ethyl adjacent to an activating group) is 1. The number of nitrogens with two attached hydrogens (primary N) is 1. The van der Waals surface area contributed by atoms with Crippen LogP contribution in [-0.4, -0.2) is 37.2 Å². The Hall–Kier alpha value is -0.970. The van der Waals surface area contributed by atoms with Crippen molar-refractivity contribution >= 4 is 0 Å². The third-order valence-corrected chi connectivity index (χ3v) is 3.99. The molecular weight excluding hydrogens is 243 g/mol. The summed E-state index contributed by atoms with van der Waals surface area (Å²) in [5.74, 6) is -0.207. The van der Waals surface area contributed by atoms with E-state index in [1.54, 1.807) is 12.1 Å². The van der Waals surface area contributed by atoms with Crippen molar-refractivity contribution in [1.82, 2.24) is 4.90 Å². The van der Waals surface area contributed by atoms with Crippen LogP contribution in [0.4, 0.5) is 4.39 Å². The predicted octanol–water partition coefficient (Wildman–Crippen LogP) is 2.32. The summed E-state index contributed by atoms with van der Waals surface area (Å²) in [7, 11) is 2.06. The van der Waals surface area contributed by atoms with Gasteiger partial charge in [-0.3, -0.25) is 4.90 Å². The normalized spacial score (nSPS) is 22.7. The van der Waals surface area contributed by atoms with Gasteiger partial charge in [-0.2, -0.15) is 0 Å². The van der Waals surface area contributed by atoms with Crippen LogP contribution in [0.15, 0.2) is 24.3 Å². The lowest BCUT2D eigenvalue weighted by molar-refractivity contribution is 0.119. The quantitative estimate of drug-likeness (QED) is 0.889. The summed E-state index contributed by atoms with van der Waals surface area (Å²) in [6.45, 7) is 3.60. The molecule has 1 aromatic rings. The molecule has 0 saturated carbocycles. The summed E-state index contributed by atoms with van der Waals surface area (Å²) in [5, 5.41) is 0. The second-order valence-corrected chi connectivity index (χ2v) is 5.25. The first-order valence-electron chi connectivity index (χ1n) is 6.94. The van der Waals surface area contributed by atoms with E-state index in [1.807, 2.05) is 6.07 Å². The zero-order valence-corrected chi connectivity index (χ0v) is 11.7. The highest BCUT2D eigenvalue weighted by molar-refractivity contribution is 5.22. The molecule has 0 aromatic heterocycles. The average Bonchev–Trinajstić information content (AvgIpc) is 2.92. The number of ether oxygens (including phenoxy) is 1. The number of halogens is 1. The van der Waals surface area contributed by atoms with Gasteiger partial charge in [0.15, 0.2) is 0 Å². The largest absolute Gasteiger partial charge is 0.380 e. The second kappa shape index (κ2) is 6.46. The minimum absolute atomic E-state index is 0.00704. The molecule has 1 aliphatic heterocycles. The van der Waals surface area contributed by atoms with Gasteiger partial charge in [0, 0.05) is 18.7 Å². The fraction of sp³-hybridized carbons (Fsp3) is 0.600. The fourth-order valence-corrected chi connectivity index (χ4v) is 2.77. The number of hydrogen-bond acceptors (Lipinski definition) is 3. The van der Waals surface area contributed by atoms with Crippen molar-refractivity contribution in [2.75, 3.05) is 20.3 Å². The molecule has 0 spiro atoms. The molecule has 1 heterocycles. The third kappa shape index (κ3) is 3.32. The second-order valence-electron chi connectivity index (χ2n) is 5.25. The Morgan fingerprint density at radius 1 is 1.53 bits per heavy atom. The van der Waals surface area contributed by atoms with Gasteiger partial charge in [-0.15, -0.1) is 0 Å². The van der Waals surface area contributed by atoms with Crippen LogP contribution < -0.4 is 5.73 Å². The Bertz CT molecular complexity index is 407. The molecule has 3 unspecified atom stereocenters. The highest BCUT2D eigenvalue weighted by Gasteiger charge is 2.30. The monoisotopic (exact) mass is 266 g/mol. The van der Waals surface area contributed by atoms with Crippen LogP contribution in [0.5, 0.6) is 0 Å². The van der Waals surface area contributed by atoms with Gasteiger partial charge in [-0.05, 0) is 37.6 Å². The van der Waals surface area contributed by atoms with Gasteiger partial charge < -0.3 is 10.5 Å². The molecule has 3 atom stereocenters. The van der Waals surface area contributed by atoms with Crippen LogP contribution in [0.1, 0.15) is 31.4 Å². The first-order valence-corrected chi connectivity index (χ1v) is 6.94. The van der Waals surface area contributed by atoms with E-state index in [2.05, 4.69) is 18.9 Å². The molecule has 1 aromatic carbocycles. The van der Waals surface area contributed by atoms with Gasteiger partial charge in [0.25, 0.3) is 0 Å². The Morgan fingerprint density at radius 2 is 2.32 bits per heavy atom. The molecule has 1 saturated heterocycles. The van der Waals surface area contributed by atoms with Crippen LogP contribution in [0.3, 0.4) is 0 Å². The van der Waals surface area contributed by atoms with Crippen LogP contribution in [0.2, 0.25) is 0 Å². The van der Waals surface area contributed by atoms with E-state index in [0.717, 1.165) is 31.6 Å². The van der Waals surface area contributed by atoms with E-state index in [1.165, 1.54) is 6.07 Å². The number of benzene rings is 1. The number of hydrogen-bond donors (Lipinski definition) is 1. The molecule has 19 heavy (non-hydrogen) atoms. The maximum Gasteiger partial charge on any atom is 0.123 e. The first-order chi connectivity index (χ1) is 9.13. The SMILES string of the molecule is CCC(N)C(c1cccc(F)c1)N(C)C1CCOC1. The van der Waals surface area contributed by atoms with E-state index < -0.39 is 0 Å². The molecule has 0 amide bonds. The van der Waals surface area contributed by atoms with Gasteiger partial charge in [-0.25, -0.2) is 4.39 Å². The van der Waals surface area contributed by atoms with E-state index in [9.17, 15) is 4.39 Å². The van der Waals surface area contributed by atoms with Crippen molar-refractivity contribution in [1.29, 1.82) is 0 Å². The van der Waals surface area contributed by atoms with Gasteiger partial charge in [0.05, 0.1) is 12.6 Å². The lowest BCUT2D eigenvalue weighted by Crippen LogP contribution is -2.44. The summed E-state index contributed by atoms with van der Waals surface area (Å²) in [6.07, 6.45) is 1.87. The Balaban J connectivity index is 2.24. The summed E-state index contributed by atoms with van der Waals surface area (Å²) in [4.78, 5) is 2.25. The van der Waals surface area contributed by atoms with Crippen LogP contribution in [0, 0.1) is 5.82 Å². The smallest absolute Gasteiger partial charge is 0.123 e. The minimum atomic E-state index is -0.207. The standard InChI is InChI=1S/C15H23FN2O/c1-3-14(17)15(11-5-4-6-12(16)9-11)18(2)13-7-8-19-10-13/h4-6,9,13-15H,3,7-8,10,17H2,1-2H3. The Morgan fingerprint density at radius 3 is 2.89 bits per heavy atom. The summed E-state index contributed by atoms with van der Waals surface area (Å²) in [6, 6.07) is 7.16. The van der Waals surface area contributed by atoms with Gasteiger partial charge in [0.1, 0.15) is 5.82 Å². The third-order valence-electron chi connectivity index (χ3n) is 3.99. The van der Waals surface area contributed by atoms with E-state index >= 15 is 0 Å². The fourth-order valence-electron chi connectivity index (χ4n) is 2.77. The first kappa shape index (κ1) is 14.4. The number of rotatable bonds is 5. The van der Waals surface area contributed by atoms with E-state index in [4.69, 9.17) is 10.5 Å². The highest BCUT2D eigenvalue weighted by atomic mass is 19.1. The molecule has 0 bridgehead atoms. The van der Waals surface area contributed by atoms with Crippen molar-refractivity contribution < 1.29 is 9.13 Å². The zero-order valence-electron chi connectivity index (χ0n) is 11.7. The zero-order chi connectivity index (χ0) is 13.8. The number of nitrogens with zero attached hydrogens (tertiary/aromatic N) is 1. The average molecular weight is 266 g/mol. The van der Waals surface area contributed by atoms with Crippen LogP contribution in [-0.2, 0) is 4.74 Å². The summed E-state index contributed by atoms with van der Waals surface area (Å²) in [5.41, 5.74) is 7.21. The predicted molar refractivity (Wildman–Crippen MR) is 74.4 cm³/mol. The maximum atomic E-state index is 13.5. The molecular formula is C15H23FN2O. The lowest BCUT2D eigenvalue weighted by Gasteiger charge is -2.36. The molecule has 106 valence electrons. The summed E-state index contributed by atoms with van der Waals surface area (Å²) >= 11 is 0. The Kier molecular flexibility index (Phi) is 4.91. The molecule has 0 radical (unpaired) electrons. The molecule has 0 aliphatic carbocycles. The van der Waals surface area contributed by atoms with E-state index in [0.29, 0.717) is 6.04 Å². The van der Waals surface area contributed by atoms with Crippen molar-refractivity contribution in [3.8, 4) is 0 Å². The molecule has 3 nitrogen and oxygen atoms in total.